The summed E-state index contributed by atoms with van der Waals surface area (Å²) in [5.41, 5.74) is 4.08. The molecule has 3 rings (SSSR count). The van der Waals surface area contributed by atoms with Crippen LogP contribution < -0.4 is 10.6 Å². The van der Waals surface area contributed by atoms with Gasteiger partial charge in [0.15, 0.2) is 0 Å². The summed E-state index contributed by atoms with van der Waals surface area (Å²) in [5.74, 6) is -0.347. The number of nitrogens with one attached hydrogen (secondary N) is 2. The van der Waals surface area contributed by atoms with Gasteiger partial charge >= 0.3 is 0 Å². The van der Waals surface area contributed by atoms with Gasteiger partial charge in [0.2, 0.25) is 10.9 Å². The van der Waals surface area contributed by atoms with Gasteiger partial charge in [0.05, 0.1) is 0 Å². The third kappa shape index (κ3) is 5.47. The van der Waals surface area contributed by atoms with Crippen LogP contribution in [0.25, 0.3) is 0 Å². The number of aryl methyl sites for hydroxylation is 3. The van der Waals surface area contributed by atoms with E-state index >= 15 is 0 Å². The van der Waals surface area contributed by atoms with Gasteiger partial charge in [-0.05, 0) is 37.1 Å². The molecule has 3 aromatic rings. The third-order valence-electron chi connectivity index (χ3n) is 4.27. The number of anilines is 1. The van der Waals surface area contributed by atoms with E-state index in [1.165, 1.54) is 11.3 Å². The summed E-state index contributed by atoms with van der Waals surface area (Å²) >= 11 is 1.21. The van der Waals surface area contributed by atoms with E-state index in [1.807, 2.05) is 62.4 Å². The highest BCUT2D eigenvalue weighted by Gasteiger charge is 2.14. The van der Waals surface area contributed by atoms with E-state index in [1.54, 1.807) is 0 Å². The lowest BCUT2D eigenvalue weighted by molar-refractivity contribution is -0.121. The van der Waals surface area contributed by atoms with Crippen LogP contribution in [0.5, 0.6) is 0 Å². The fourth-order valence-corrected chi connectivity index (χ4v) is 3.31. The van der Waals surface area contributed by atoms with Gasteiger partial charge in [0.1, 0.15) is 5.01 Å². The van der Waals surface area contributed by atoms with Crippen molar-refractivity contribution in [2.45, 2.75) is 33.2 Å². The number of aromatic nitrogens is 2. The molecule has 0 aliphatic rings. The normalized spacial score (nSPS) is 10.5. The Labute approximate surface area is 168 Å². The predicted octanol–water partition coefficient (Wildman–Crippen LogP) is 3.66. The number of carbonyl (C=O) groups excluding carboxylic acids is 2. The smallest absolute Gasteiger partial charge is 0.286 e. The van der Waals surface area contributed by atoms with Crippen LogP contribution in [0.2, 0.25) is 0 Å². The fourth-order valence-electron chi connectivity index (χ4n) is 2.58. The number of rotatable bonds is 7. The minimum Gasteiger partial charge on any atom is -0.352 e. The van der Waals surface area contributed by atoms with Crippen molar-refractivity contribution in [1.29, 1.82) is 0 Å². The summed E-state index contributed by atoms with van der Waals surface area (Å²) in [4.78, 5) is 24.3. The zero-order chi connectivity index (χ0) is 19.9. The highest BCUT2D eigenvalue weighted by molar-refractivity contribution is 7.13. The van der Waals surface area contributed by atoms with Crippen molar-refractivity contribution in [3.8, 4) is 0 Å². The molecule has 144 valence electrons. The van der Waals surface area contributed by atoms with Crippen LogP contribution in [0.1, 0.15) is 37.9 Å². The number of hydrogen-bond acceptors (Lipinski definition) is 5. The highest BCUT2D eigenvalue weighted by atomic mass is 32.1. The molecule has 0 radical (unpaired) electrons. The molecule has 0 fully saturated rings. The largest absolute Gasteiger partial charge is 0.352 e. The number of carbonyl (C=O) groups is 2. The molecule has 0 aliphatic heterocycles. The van der Waals surface area contributed by atoms with Crippen molar-refractivity contribution >= 4 is 28.8 Å². The molecule has 0 bridgehead atoms. The first-order valence-electron chi connectivity index (χ1n) is 9.03. The van der Waals surface area contributed by atoms with Crippen LogP contribution in [0.4, 0.5) is 5.69 Å². The molecule has 28 heavy (non-hydrogen) atoms. The Morgan fingerprint density at radius 3 is 2.50 bits per heavy atom. The third-order valence-corrected chi connectivity index (χ3v) is 5.26. The standard InChI is InChI=1S/C21H22N4O2S/c1-14-7-9-17(10-8-14)23-20(27)21-25-24-19(28-21)12-11-18(26)22-13-16-6-4-3-5-15(16)2/h3-10H,11-13H2,1-2H3,(H,22,26)(H,23,27). The topological polar surface area (TPSA) is 84.0 Å². The Morgan fingerprint density at radius 2 is 1.75 bits per heavy atom. The van der Waals surface area contributed by atoms with Crippen molar-refractivity contribution < 1.29 is 9.59 Å². The van der Waals surface area contributed by atoms with Gasteiger partial charge in [-0.25, -0.2) is 0 Å². The lowest BCUT2D eigenvalue weighted by Crippen LogP contribution is -2.23. The minimum absolute atomic E-state index is 0.0518. The summed E-state index contributed by atoms with van der Waals surface area (Å²) in [6, 6.07) is 15.5. The van der Waals surface area contributed by atoms with Gasteiger partial charge in [-0.2, -0.15) is 0 Å². The molecular formula is C21H22N4O2S. The molecular weight excluding hydrogens is 372 g/mol. The number of benzene rings is 2. The molecule has 0 aliphatic carbocycles. The molecule has 1 aromatic heterocycles. The molecule has 0 saturated heterocycles. The van der Waals surface area contributed by atoms with Gasteiger partial charge in [-0.3, -0.25) is 9.59 Å². The summed E-state index contributed by atoms with van der Waals surface area (Å²) < 4.78 is 0. The lowest BCUT2D eigenvalue weighted by Gasteiger charge is -2.07. The van der Waals surface area contributed by atoms with E-state index < -0.39 is 0 Å². The summed E-state index contributed by atoms with van der Waals surface area (Å²) in [6.07, 6.45) is 0.759. The van der Waals surface area contributed by atoms with E-state index in [4.69, 9.17) is 0 Å². The molecule has 0 atom stereocenters. The zero-order valence-corrected chi connectivity index (χ0v) is 16.7. The van der Waals surface area contributed by atoms with Gasteiger partial charge in [0, 0.05) is 25.1 Å². The van der Waals surface area contributed by atoms with E-state index in [9.17, 15) is 9.59 Å². The molecule has 1 heterocycles. The first-order chi connectivity index (χ1) is 13.5. The van der Waals surface area contributed by atoms with Crippen LogP contribution in [0, 0.1) is 13.8 Å². The first-order valence-corrected chi connectivity index (χ1v) is 9.84. The second-order valence-corrected chi connectivity index (χ2v) is 7.59. The average Bonchev–Trinajstić information content (AvgIpc) is 3.17. The maximum absolute atomic E-state index is 12.3. The second-order valence-electron chi connectivity index (χ2n) is 6.52. The molecule has 0 unspecified atom stereocenters. The predicted molar refractivity (Wildman–Crippen MR) is 110 cm³/mol. The number of amides is 2. The maximum atomic E-state index is 12.3. The van der Waals surface area contributed by atoms with E-state index in [2.05, 4.69) is 20.8 Å². The highest BCUT2D eigenvalue weighted by Crippen LogP contribution is 2.15. The van der Waals surface area contributed by atoms with Crippen LogP contribution in [0.15, 0.2) is 48.5 Å². The zero-order valence-electron chi connectivity index (χ0n) is 15.9. The van der Waals surface area contributed by atoms with Crippen molar-refractivity contribution in [3.05, 3.63) is 75.2 Å². The van der Waals surface area contributed by atoms with E-state index in [0.29, 0.717) is 30.1 Å². The minimum atomic E-state index is -0.295. The van der Waals surface area contributed by atoms with Crippen molar-refractivity contribution in [3.63, 3.8) is 0 Å². The summed E-state index contributed by atoms with van der Waals surface area (Å²) in [6.45, 7) is 4.51. The Balaban J connectivity index is 1.47. The molecule has 7 heteroatoms. The molecule has 2 amide bonds. The maximum Gasteiger partial charge on any atom is 0.286 e. The molecule has 2 N–H and O–H groups in total. The van der Waals surface area contributed by atoms with Gasteiger partial charge in [-0.15, -0.1) is 10.2 Å². The lowest BCUT2D eigenvalue weighted by atomic mass is 10.1. The molecule has 0 saturated carbocycles. The van der Waals surface area contributed by atoms with Crippen LogP contribution in [-0.2, 0) is 17.8 Å². The average molecular weight is 395 g/mol. The molecule has 2 aromatic carbocycles. The van der Waals surface area contributed by atoms with Gasteiger partial charge in [-0.1, -0.05) is 53.3 Å². The van der Waals surface area contributed by atoms with Gasteiger partial charge < -0.3 is 10.6 Å². The van der Waals surface area contributed by atoms with Crippen LogP contribution in [0.3, 0.4) is 0 Å². The van der Waals surface area contributed by atoms with Crippen molar-refractivity contribution in [2.75, 3.05) is 5.32 Å². The van der Waals surface area contributed by atoms with Crippen molar-refractivity contribution in [2.24, 2.45) is 0 Å². The Morgan fingerprint density at radius 1 is 1.00 bits per heavy atom. The van der Waals surface area contributed by atoms with E-state index in [0.717, 1.165) is 16.7 Å². The van der Waals surface area contributed by atoms with Crippen LogP contribution >= 0.6 is 11.3 Å². The Bertz CT molecular complexity index is 967. The second kappa shape index (κ2) is 9.23. The monoisotopic (exact) mass is 394 g/mol. The summed E-state index contributed by atoms with van der Waals surface area (Å²) in [7, 11) is 0. The van der Waals surface area contributed by atoms with Gasteiger partial charge in [0.25, 0.3) is 5.91 Å². The first kappa shape index (κ1) is 19.7. The van der Waals surface area contributed by atoms with E-state index in [-0.39, 0.29) is 16.8 Å². The Kier molecular flexibility index (Phi) is 6.49. The van der Waals surface area contributed by atoms with Crippen molar-refractivity contribution in [1.82, 2.24) is 15.5 Å². The summed E-state index contributed by atoms with van der Waals surface area (Å²) in [5, 5.41) is 14.6. The fraction of sp³-hybridized carbons (Fsp3) is 0.238. The molecule has 6 nitrogen and oxygen atoms in total. The number of hydrogen-bond donors (Lipinski definition) is 2. The van der Waals surface area contributed by atoms with Crippen LogP contribution in [-0.4, -0.2) is 22.0 Å². The quantitative estimate of drug-likeness (QED) is 0.641. The molecule has 0 spiro atoms. The SMILES string of the molecule is Cc1ccc(NC(=O)c2nnc(CCC(=O)NCc3ccccc3C)s2)cc1. The Hall–Kier alpha value is -3.06. The number of nitrogens with zero attached hydrogens (tertiary/aromatic N) is 2.